The number of halogens is 1. The molecule has 42 heavy (non-hydrogen) atoms. The fraction of sp³-hybridized carbons (Fsp3) is 0.212. The summed E-state index contributed by atoms with van der Waals surface area (Å²) in [6.45, 7) is 1.08. The molecule has 0 fully saturated rings. The van der Waals surface area contributed by atoms with Crippen LogP contribution in [0.3, 0.4) is 0 Å². The number of rotatable bonds is 12. The first-order valence-electron chi connectivity index (χ1n) is 13.7. The highest BCUT2D eigenvalue weighted by Gasteiger charge is 2.35. The molecule has 0 aromatic heterocycles. The Labute approximate surface area is 246 Å². The van der Waals surface area contributed by atoms with Crippen LogP contribution >= 0.6 is 0 Å². The molecule has 4 rings (SSSR count). The van der Waals surface area contributed by atoms with Crippen LogP contribution in [0.15, 0.2) is 114 Å². The third-order valence-corrected chi connectivity index (χ3v) is 8.84. The van der Waals surface area contributed by atoms with Gasteiger partial charge in [0.15, 0.2) is 0 Å². The lowest BCUT2D eigenvalue weighted by Gasteiger charge is -2.34. The highest BCUT2D eigenvalue weighted by molar-refractivity contribution is 7.92. The number of hydrogen-bond acceptors (Lipinski definition) is 4. The van der Waals surface area contributed by atoms with Crippen LogP contribution in [0.2, 0.25) is 0 Å². The van der Waals surface area contributed by atoms with Crippen molar-refractivity contribution < 1.29 is 22.4 Å². The lowest BCUT2D eigenvalue weighted by atomic mass is 10.0. The predicted molar refractivity (Wildman–Crippen MR) is 162 cm³/mol. The molecule has 0 unspecified atom stereocenters. The Bertz CT molecular complexity index is 1610. The van der Waals surface area contributed by atoms with Crippen LogP contribution in [0, 0.1) is 5.82 Å². The quantitative estimate of drug-likeness (QED) is 0.254. The zero-order valence-electron chi connectivity index (χ0n) is 23.6. The number of carbonyl (C=O) groups is 2. The zero-order valence-corrected chi connectivity index (χ0v) is 24.4. The van der Waals surface area contributed by atoms with Gasteiger partial charge >= 0.3 is 0 Å². The summed E-state index contributed by atoms with van der Waals surface area (Å²) in [5.74, 6) is -1.63. The van der Waals surface area contributed by atoms with Gasteiger partial charge in [-0.3, -0.25) is 13.9 Å². The van der Waals surface area contributed by atoms with E-state index in [2.05, 4.69) is 5.32 Å². The molecule has 1 atom stereocenters. The number of hydrogen-bond donors (Lipinski definition) is 1. The van der Waals surface area contributed by atoms with E-state index in [1.54, 1.807) is 48.5 Å². The molecule has 0 aliphatic rings. The molecule has 2 amide bonds. The van der Waals surface area contributed by atoms with Gasteiger partial charge in [-0.1, -0.05) is 91.9 Å². The minimum atomic E-state index is -4.20. The Balaban J connectivity index is 1.82. The predicted octanol–water partition coefficient (Wildman–Crippen LogP) is 4.97. The molecule has 7 nitrogen and oxygen atoms in total. The molecule has 0 aliphatic carbocycles. The van der Waals surface area contributed by atoms with Gasteiger partial charge in [0.05, 0.1) is 10.6 Å². The Morgan fingerprint density at radius 2 is 1.38 bits per heavy atom. The first-order valence-corrected chi connectivity index (χ1v) is 15.1. The second-order valence-corrected chi connectivity index (χ2v) is 11.6. The van der Waals surface area contributed by atoms with Crippen molar-refractivity contribution in [1.82, 2.24) is 10.2 Å². The normalized spacial score (nSPS) is 11.9. The van der Waals surface area contributed by atoms with E-state index in [9.17, 15) is 22.4 Å². The molecule has 0 saturated heterocycles. The average molecular weight is 588 g/mol. The van der Waals surface area contributed by atoms with Gasteiger partial charge in [0, 0.05) is 25.6 Å². The number of likely N-dealkylation sites (N-methyl/N-ethyl adjacent to an activating group) is 1. The molecule has 0 saturated carbocycles. The average Bonchev–Trinajstić information content (AvgIpc) is 3.02. The summed E-state index contributed by atoms with van der Waals surface area (Å²) in [6.07, 6.45) is 0.677. The lowest BCUT2D eigenvalue weighted by molar-refractivity contribution is -0.139. The Morgan fingerprint density at radius 3 is 2.00 bits per heavy atom. The Morgan fingerprint density at radius 1 is 0.810 bits per heavy atom. The second-order valence-electron chi connectivity index (χ2n) is 9.74. The maximum atomic E-state index is 14.9. The monoisotopic (exact) mass is 587 g/mol. The van der Waals surface area contributed by atoms with E-state index in [4.69, 9.17) is 0 Å². The largest absolute Gasteiger partial charge is 0.357 e. The molecule has 4 aromatic rings. The van der Waals surface area contributed by atoms with E-state index in [-0.39, 0.29) is 23.4 Å². The van der Waals surface area contributed by atoms with E-state index in [1.165, 1.54) is 30.1 Å². The standard InChI is InChI=1S/C33H34FN3O4S/c1-3-26-16-11-13-21-30(26)37(42(40,41)28-18-8-5-9-19-28)24-32(38)36(23-27-17-10-12-20-29(27)34)31(33(39)35-2)22-25-14-6-4-7-15-25/h4-21,31H,3,22-24H2,1-2H3,(H,35,39)/t31-/m0/s1. The van der Waals surface area contributed by atoms with Crippen LogP contribution in [-0.4, -0.2) is 44.8 Å². The van der Waals surface area contributed by atoms with E-state index >= 15 is 0 Å². The van der Waals surface area contributed by atoms with E-state index in [1.807, 2.05) is 49.4 Å². The van der Waals surface area contributed by atoms with Crippen molar-refractivity contribution in [2.75, 3.05) is 17.9 Å². The number of nitrogens with one attached hydrogen (secondary N) is 1. The number of amides is 2. The molecule has 218 valence electrons. The van der Waals surface area contributed by atoms with Crippen LogP contribution in [0.25, 0.3) is 0 Å². The van der Waals surface area contributed by atoms with Gasteiger partial charge in [0.2, 0.25) is 11.8 Å². The number of benzene rings is 4. The number of sulfonamides is 1. The van der Waals surface area contributed by atoms with Crippen LogP contribution in [0.1, 0.15) is 23.6 Å². The Hall–Kier alpha value is -4.50. The van der Waals surface area contributed by atoms with Crippen LogP contribution < -0.4 is 9.62 Å². The molecule has 0 heterocycles. The molecule has 0 radical (unpaired) electrons. The zero-order chi connectivity index (χ0) is 30.1. The molecular formula is C33H34FN3O4S. The summed E-state index contributed by atoms with van der Waals surface area (Å²) in [5, 5.41) is 2.62. The van der Waals surface area contributed by atoms with E-state index < -0.39 is 40.2 Å². The van der Waals surface area contributed by atoms with Gasteiger partial charge in [0.1, 0.15) is 18.4 Å². The van der Waals surface area contributed by atoms with Crippen LogP contribution in [-0.2, 0) is 39.0 Å². The number of anilines is 1. The van der Waals surface area contributed by atoms with Gasteiger partial charge in [-0.05, 0) is 41.8 Å². The summed E-state index contributed by atoms with van der Waals surface area (Å²) in [4.78, 5) is 28.9. The molecule has 4 aromatic carbocycles. The van der Waals surface area contributed by atoms with Gasteiger partial charge in [-0.15, -0.1) is 0 Å². The third kappa shape index (κ3) is 7.03. The van der Waals surface area contributed by atoms with Crippen molar-refractivity contribution in [3.63, 3.8) is 0 Å². The number of carbonyl (C=O) groups excluding carboxylic acids is 2. The summed E-state index contributed by atoms with van der Waals surface area (Å²) >= 11 is 0. The maximum absolute atomic E-state index is 14.9. The number of nitrogens with zero attached hydrogens (tertiary/aromatic N) is 2. The summed E-state index contributed by atoms with van der Waals surface area (Å²) in [6, 6.07) is 29.1. The van der Waals surface area contributed by atoms with Crippen molar-refractivity contribution in [2.45, 2.75) is 37.2 Å². The first kappa shape index (κ1) is 30.5. The van der Waals surface area contributed by atoms with Gasteiger partial charge in [-0.2, -0.15) is 0 Å². The molecule has 0 aliphatic heterocycles. The molecule has 1 N–H and O–H groups in total. The van der Waals surface area contributed by atoms with Crippen LogP contribution in [0.4, 0.5) is 10.1 Å². The minimum Gasteiger partial charge on any atom is -0.357 e. The fourth-order valence-electron chi connectivity index (χ4n) is 4.82. The fourth-order valence-corrected chi connectivity index (χ4v) is 6.29. The minimum absolute atomic E-state index is 0.0245. The summed E-state index contributed by atoms with van der Waals surface area (Å²) in [5.41, 5.74) is 2.10. The van der Waals surface area contributed by atoms with Crippen molar-refractivity contribution in [3.8, 4) is 0 Å². The molecular weight excluding hydrogens is 553 g/mol. The topological polar surface area (TPSA) is 86.8 Å². The molecule has 0 bridgehead atoms. The van der Waals surface area contributed by atoms with Gasteiger partial charge < -0.3 is 10.2 Å². The lowest BCUT2D eigenvalue weighted by Crippen LogP contribution is -2.53. The third-order valence-electron chi connectivity index (χ3n) is 7.07. The molecule has 9 heteroatoms. The van der Waals surface area contributed by atoms with Crippen molar-refractivity contribution >= 4 is 27.5 Å². The van der Waals surface area contributed by atoms with Crippen molar-refractivity contribution in [1.29, 1.82) is 0 Å². The summed E-state index contributed by atoms with van der Waals surface area (Å²) < 4.78 is 44.0. The Kier molecular flexibility index (Phi) is 10.1. The van der Waals surface area contributed by atoms with E-state index in [0.717, 1.165) is 15.4 Å². The number of para-hydroxylation sites is 1. The smallest absolute Gasteiger partial charge is 0.264 e. The highest BCUT2D eigenvalue weighted by atomic mass is 32.2. The van der Waals surface area contributed by atoms with Crippen LogP contribution in [0.5, 0.6) is 0 Å². The molecule has 0 spiro atoms. The van der Waals surface area contributed by atoms with Gasteiger partial charge in [0.25, 0.3) is 10.0 Å². The first-order chi connectivity index (χ1) is 20.3. The summed E-state index contributed by atoms with van der Waals surface area (Å²) in [7, 11) is -2.73. The number of aryl methyl sites for hydroxylation is 1. The SMILES string of the molecule is CCc1ccccc1N(CC(=O)N(Cc1ccccc1F)[C@@H](Cc1ccccc1)C(=O)NC)S(=O)(=O)c1ccccc1. The van der Waals surface area contributed by atoms with E-state index in [0.29, 0.717) is 12.1 Å². The second kappa shape index (κ2) is 13.9. The van der Waals surface area contributed by atoms with Gasteiger partial charge in [-0.25, -0.2) is 12.8 Å². The van der Waals surface area contributed by atoms with Crippen molar-refractivity contribution in [2.24, 2.45) is 0 Å². The maximum Gasteiger partial charge on any atom is 0.264 e. The highest BCUT2D eigenvalue weighted by Crippen LogP contribution is 2.28. The van der Waals surface area contributed by atoms with Crippen molar-refractivity contribution in [3.05, 3.63) is 132 Å².